The highest BCUT2D eigenvalue weighted by Crippen LogP contribution is 2.67. The van der Waals surface area contributed by atoms with Crippen molar-refractivity contribution in [1.82, 2.24) is 0 Å². The van der Waals surface area contributed by atoms with Gasteiger partial charge in [-0.05, 0) is 112 Å². The number of cyclic esters (lactones) is 1. The molecule has 7 atom stereocenters. The Morgan fingerprint density at radius 2 is 1.35 bits per heavy atom. The Morgan fingerprint density at radius 1 is 0.772 bits per heavy atom. The smallest absolute Gasteiger partial charge is 0.350 e. The van der Waals surface area contributed by atoms with Crippen molar-refractivity contribution in [2.24, 2.45) is 22.7 Å². The van der Waals surface area contributed by atoms with E-state index in [1.807, 2.05) is 55.5 Å². The summed E-state index contributed by atoms with van der Waals surface area (Å²) >= 11 is 0. The third-order valence-electron chi connectivity index (χ3n) is 14.0. The molecule has 0 N–H and O–H groups in total. The Bertz CT molecular complexity index is 2000. The predicted octanol–water partition coefficient (Wildman–Crippen LogP) is 9.94. The van der Waals surface area contributed by atoms with Crippen molar-refractivity contribution in [3.8, 4) is 5.75 Å². The number of carbonyl (C=O) groups is 2. The van der Waals surface area contributed by atoms with Gasteiger partial charge in [-0.25, -0.2) is 9.59 Å². The molecule has 7 nitrogen and oxygen atoms in total. The Balaban J connectivity index is 1.19. The van der Waals surface area contributed by atoms with Crippen LogP contribution in [0.25, 0.3) is 0 Å². The van der Waals surface area contributed by atoms with Gasteiger partial charge >= 0.3 is 11.9 Å². The second kappa shape index (κ2) is 14.9. The number of carbonyl (C=O) groups excluding carboxylic acids is 2. The van der Waals surface area contributed by atoms with E-state index in [1.165, 1.54) is 0 Å². The Labute approximate surface area is 337 Å². The van der Waals surface area contributed by atoms with Crippen molar-refractivity contribution in [3.05, 3.63) is 149 Å². The molecule has 4 aliphatic rings. The molecule has 2 unspecified atom stereocenters. The molecule has 3 fully saturated rings. The van der Waals surface area contributed by atoms with Gasteiger partial charge in [0.05, 0.1) is 23.9 Å². The van der Waals surface area contributed by atoms with E-state index in [1.54, 1.807) is 13.8 Å². The molecule has 4 aromatic carbocycles. The Hall–Kier alpha value is -4.72. The molecule has 0 radical (unpaired) electrons. The summed E-state index contributed by atoms with van der Waals surface area (Å²) in [6.45, 7) is 13.1. The van der Waals surface area contributed by atoms with Gasteiger partial charge in [-0.1, -0.05) is 123 Å². The molecule has 2 aliphatic carbocycles. The molecule has 0 amide bonds. The Morgan fingerprint density at radius 3 is 1.89 bits per heavy atom. The molecule has 1 saturated heterocycles. The van der Waals surface area contributed by atoms with E-state index >= 15 is 0 Å². The van der Waals surface area contributed by atoms with E-state index in [4.69, 9.17) is 23.7 Å². The number of hydrogen-bond acceptors (Lipinski definition) is 7. The first-order chi connectivity index (χ1) is 27.3. The topological polar surface area (TPSA) is 80.3 Å². The van der Waals surface area contributed by atoms with Crippen molar-refractivity contribution >= 4 is 11.9 Å². The van der Waals surface area contributed by atoms with Crippen LogP contribution in [0.3, 0.4) is 0 Å². The van der Waals surface area contributed by atoms with Crippen LogP contribution in [0.1, 0.15) is 89.0 Å². The standard InChI is InChI=1S/C50H56O7/c1-34-22-24-38(25-23-34)56-46(2,3)45(52)55-43-27-29-47(4)41(26-30-49(6)42(47)32-40(57-49)39-28-31-53-44(39)51)48(43,5)33-54-50(35-16-10-7-11-17-35,36-18-12-8-13-19-36)37-20-14-9-15-21-37/h7-25,28,40-43H,26-27,29-33H2,1-6H3/t40?,41-,42?,43+,47+,48-,49+/m0/s1. The van der Waals surface area contributed by atoms with Crippen molar-refractivity contribution < 1.29 is 33.3 Å². The molecule has 57 heavy (non-hydrogen) atoms. The van der Waals surface area contributed by atoms with Crippen molar-refractivity contribution in [2.45, 2.75) is 103 Å². The number of benzene rings is 4. The largest absolute Gasteiger partial charge is 0.476 e. The second-order valence-electron chi connectivity index (χ2n) is 18.0. The molecule has 0 aromatic heterocycles. The van der Waals surface area contributed by atoms with E-state index in [2.05, 4.69) is 93.6 Å². The van der Waals surface area contributed by atoms with Crippen molar-refractivity contribution in [1.29, 1.82) is 0 Å². The van der Waals surface area contributed by atoms with E-state index in [-0.39, 0.29) is 29.3 Å². The number of hydrogen-bond donors (Lipinski definition) is 0. The lowest BCUT2D eigenvalue weighted by atomic mass is 9.44. The average Bonchev–Trinajstić information content (AvgIpc) is 3.81. The van der Waals surface area contributed by atoms with Gasteiger partial charge in [0, 0.05) is 5.41 Å². The predicted molar refractivity (Wildman–Crippen MR) is 220 cm³/mol. The summed E-state index contributed by atoms with van der Waals surface area (Å²) < 4.78 is 32.9. The minimum absolute atomic E-state index is 0.0997. The molecular weight excluding hydrogens is 713 g/mol. The molecule has 2 aliphatic heterocycles. The lowest BCUT2D eigenvalue weighted by Crippen LogP contribution is -2.63. The van der Waals surface area contributed by atoms with Gasteiger partial charge in [0.2, 0.25) is 0 Å². The van der Waals surface area contributed by atoms with Gasteiger partial charge < -0.3 is 23.7 Å². The van der Waals surface area contributed by atoms with Crippen LogP contribution in [0.5, 0.6) is 5.75 Å². The first-order valence-corrected chi connectivity index (χ1v) is 20.6. The molecule has 0 bridgehead atoms. The van der Waals surface area contributed by atoms with Crippen LogP contribution < -0.4 is 4.74 Å². The molecule has 2 saturated carbocycles. The van der Waals surface area contributed by atoms with Crippen LogP contribution in [-0.4, -0.2) is 48.6 Å². The summed E-state index contributed by atoms with van der Waals surface area (Å²) in [5.74, 6) is 0.212. The van der Waals surface area contributed by atoms with Crippen LogP contribution in [0.4, 0.5) is 0 Å². The minimum Gasteiger partial charge on any atom is -0.476 e. The number of aryl methyl sites for hydroxylation is 1. The number of rotatable bonds is 11. The first-order valence-electron chi connectivity index (χ1n) is 20.6. The van der Waals surface area contributed by atoms with Gasteiger partial charge in [-0.2, -0.15) is 0 Å². The normalized spacial score (nSPS) is 29.8. The quantitative estimate of drug-likeness (QED) is 0.111. The molecule has 298 valence electrons. The van der Waals surface area contributed by atoms with Crippen molar-refractivity contribution in [2.75, 3.05) is 13.2 Å². The average molecular weight is 769 g/mol. The van der Waals surface area contributed by atoms with Crippen LogP contribution in [0, 0.1) is 29.6 Å². The maximum absolute atomic E-state index is 14.4. The van der Waals surface area contributed by atoms with Gasteiger partial charge in [0.1, 0.15) is 24.1 Å². The molecule has 0 spiro atoms. The maximum Gasteiger partial charge on any atom is 0.350 e. The van der Waals surface area contributed by atoms with Gasteiger partial charge in [0.15, 0.2) is 5.60 Å². The minimum atomic E-state index is -1.24. The molecule has 2 heterocycles. The summed E-state index contributed by atoms with van der Waals surface area (Å²) in [7, 11) is 0. The third-order valence-corrected chi connectivity index (χ3v) is 14.0. The summed E-state index contributed by atoms with van der Waals surface area (Å²) in [5, 5.41) is 0. The number of ether oxygens (including phenoxy) is 5. The fourth-order valence-corrected chi connectivity index (χ4v) is 11.0. The number of fused-ring (bicyclic) bond motifs is 3. The fraction of sp³-hybridized carbons (Fsp3) is 0.440. The summed E-state index contributed by atoms with van der Waals surface area (Å²) in [5.41, 5.74) is 1.39. The highest BCUT2D eigenvalue weighted by molar-refractivity contribution is 5.91. The lowest BCUT2D eigenvalue weighted by Gasteiger charge is -2.62. The fourth-order valence-electron chi connectivity index (χ4n) is 11.0. The molecule has 4 aromatic rings. The molecule has 8 rings (SSSR count). The monoisotopic (exact) mass is 768 g/mol. The van der Waals surface area contributed by atoms with Crippen LogP contribution >= 0.6 is 0 Å². The third kappa shape index (κ3) is 6.91. The van der Waals surface area contributed by atoms with Gasteiger partial charge in [-0.3, -0.25) is 0 Å². The molecule has 7 heteroatoms. The Kier molecular flexibility index (Phi) is 10.2. The van der Waals surface area contributed by atoms with Gasteiger partial charge in [0.25, 0.3) is 0 Å². The zero-order valence-electron chi connectivity index (χ0n) is 34.2. The highest BCUT2D eigenvalue weighted by atomic mass is 16.6. The van der Waals surface area contributed by atoms with Crippen LogP contribution in [0.2, 0.25) is 0 Å². The zero-order valence-corrected chi connectivity index (χ0v) is 34.2. The first kappa shape index (κ1) is 39.1. The summed E-state index contributed by atoms with van der Waals surface area (Å²) in [6.07, 6.45) is 5.03. The van der Waals surface area contributed by atoms with Crippen LogP contribution in [-0.2, 0) is 34.1 Å². The van der Waals surface area contributed by atoms with Crippen LogP contribution in [0.15, 0.2) is 127 Å². The number of esters is 2. The summed E-state index contributed by atoms with van der Waals surface area (Å²) in [6, 6.07) is 39.1. The SMILES string of the molecule is Cc1ccc(OC(C)(C)C(=O)O[C@@H]2CC[C@@]3(C)C4CC(C5=CCOC5=O)O[C@]4(C)CC[C@@H]3[C@]2(C)COC(c2ccccc2)(c2ccccc2)c2ccccc2)cc1. The van der Waals surface area contributed by atoms with E-state index in [0.717, 1.165) is 47.9 Å². The van der Waals surface area contributed by atoms with Gasteiger partial charge in [-0.15, -0.1) is 0 Å². The maximum atomic E-state index is 14.4. The van der Waals surface area contributed by atoms with Crippen molar-refractivity contribution in [3.63, 3.8) is 0 Å². The van der Waals surface area contributed by atoms with E-state index in [9.17, 15) is 9.59 Å². The second-order valence-corrected chi connectivity index (χ2v) is 18.0. The van der Waals surface area contributed by atoms with E-state index < -0.39 is 34.3 Å². The highest BCUT2D eigenvalue weighted by Gasteiger charge is 2.66. The lowest BCUT2D eigenvalue weighted by molar-refractivity contribution is -0.225. The van der Waals surface area contributed by atoms with E-state index in [0.29, 0.717) is 31.0 Å². The zero-order chi connectivity index (χ0) is 40.1. The molecular formula is C50H56O7. The summed E-state index contributed by atoms with van der Waals surface area (Å²) in [4.78, 5) is 27.2.